The summed E-state index contributed by atoms with van der Waals surface area (Å²) < 4.78 is 0. The van der Waals surface area contributed by atoms with Crippen LogP contribution < -0.4 is 0 Å². The van der Waals surface area contributed by atoms with E-state index in [4.69, 9.17) is 5.11 Å². The monoisotopic (exact) mass is 939 g/mol. The standard InChI is InChI=1S/C50H66O.C12H18.C6H6O/c1-5-9-33-23-37(43-13-7-11-41(33)43)17-15-35-21-30(3)45-26-39(27-47(35)45)32-19-20-50(51)49(25-32)40-28-46-31(4)22-36(48(46)29-40)16-18-38-24-34(10-6-2)42-12-8-14-44(38)42;1-3-5-10-8-9(2)11-6-4-7-12(10)11;7-6-4-2-1-3-5-6/h5-10,13-20,25,30-31,33-48,51H,11-12,21-24,26-29H2,1-4H3;3-6,9-12H,7-8H2,1-2H3;1-5,7H/b9-5+,10-6+,17-15+,18-16+;5-3+;. The molecule has 374 valence electrons. The van der Waals surface area contributed by atoms with Crippen LogP contribution in [0.2, 0.25) is 0 Å². The topological polar surface area (TPSA) is 40.5 Å². The molecule has 22 atom stereocenters. The van der Waals surface area contributed by atoms with Crippen molar-refractivity contribution in [2.75, 3.05) is 0 Å². The van der Waals surface area contributed by atoms with Gasteiger partial charge in [-0.2, -0.15) is 0 Å². The molecule has 0 aromatic heterocycles. The molecule has 0 radical (unpaired) electrons. The van der Waals surface area contributed by atoms with Crippen LogP contribution in [0.4, 0.5) is 0 Å². The normalized spacial score (nSPS) is 44.0. The molecule has 12 rings (SSSR count). The zero-order chi connectivity index (χ0) is 48.5. The maximum absolute atomic E-state index is 11.3. The maximum Gasteiger partial charge on any atom is 0.119 e. The summed E-state index contributed by atoms with van der Waals surface area (Å²) in [6, 6.07) is 15.6. The molecule has 2 heteroatoms. The van der Waals surface area contributed by atoms with Crippen LogP contribution in [0.5, 0.6) is 11.5 Å². The Morgan fingerprint density at radius 2 is 0.829 bits per heavy atom. The Kier molecular flexibility index (Phi) is 15.6. The van der Waals surface area contributed by atoms with Crippen LogP contribution in [-0.2, 0) is 0 Å². The molecule has 70 heavy (non-hydrogen) atoms. The number of hydrogen-bond donors (Lipinski definition) is 2. The Hall–Kier alpha value is -4.04. The molecular weight excluding hydrogens is 849 g/mol. The minimum atomic E-state index is 0.322. The van der Waals surface area contributed by atoms with Crippen molar-refractivity contribution < 1.29 is 10.2 Å². The summed E-state index contributed by atoms with van der Waals surface area (Å²) in [5.41, 5.74) is 2.80. The lowest BCUT2D eigenvalue weighted by Gasteiger charge is -2.21. The Morgan fingerprint density at radius 3 is 1.34 bits per heavy atom. The third-order valence-corrected chi connectivity index (χ3v) is 21.2. The molecule has 0 amide bonds. The minimum absolute atomic E-state index is 0.322. The highest BCUT2D eigenvalue weighted by atomic mass is 16.3. The van der Waals surface area contributed by atoms with E-state index in [0.717, 1.165) is 107 Å². The van der Waals surface area contributed by atoms with Gasteiger partial charge in [0.1, 0.15) is 11.5 Å². The Bertz CT molecular complexity index is 2300. The van der Waals surface area contributed by atoms with Crippen molar-refractivity contribution in [1.82, 2.24) is 0 Å². The maximum atomic E-state index is 11.3. The summed E-state index contributed by atoms with van der Waals surface area (Å²) in [5, 5.41) is 20.0. The third-order valence-electron chi connectivity index (χ3n) is 21.2. The second-order valence-corrected chi connectivity index (χ2v) is 25.0. The summed E-state index contributed by atoms with van der Waals surface area (Å²) in [4.78, 5) is 0. The van der Waals surface area contributed by atoms with Crippen LogP contribution >= 0.6 is 0 Å². The van der Waals surface area contributed by atoms with Crippen molar-refractivity contribution in [3.63, 3.8) is 0 Å². The number of benzene rings is 2. The van der Waals surface area contributed by atoms with Gasteiger partial charge in [0.05, 0.1) is 0 Å². The molecule has 10 aliphatic rings. The van der Waals surface area contributed by atoms with Crippen LogP contribution in [0.15, 0.2) is 146 Å². The van der Waals surface area contributed by atoms with Gasteiger partial charge in [0, 0.05) is 0 Å². The first-order valence-electron chi connectivity index (χ1n) is 28.9. The molecule has 2 aromatic rings. The number of rotatable bonds is 9. The van der Waals surface area contributed by atoms with Gasteiger partial charge in [0.15, 0.2) is 0 Å². The van der Waals surface area contributed by atoms with Crippen LogP contribution in [0, 0.1) is 118 Å². The number of para-hydroxylation sites is 1. The molecular formula is C68H90O2. The summed E-state index contributed by atoms with van der Waals surface area (Å²) in [6.45, 7) is 14.0. The first-order chi connectivity index (χ1) is 34.1. The highest BCUT2D eigenvalue weighted by molar-refractivity contribution is 5.41. The molecule has 0 heterocycles. The number of fused-ring (bicyclic) bond motifs is 5. The van der Waals surface area contributed by atoms with Crippen molar-refractivity contribution in [1.29, 1.82) is 0 Å². The van der Waals surface area contributed by atoms with Crippen molar-refractivity contribution in [2.24, 2.45) is 118 Å². The highest BCUT2D eigenvalue weighted by Gasteiger charge is 2.50. The zero-order valence-electron chi connectivity index (χ0n) is 43.9. The third kappa shape index (κ3) is 10.2. The zero-order valence-corrected chi connectivity index (χ0v) is 43.9. The number of hydrogen-bond acceptors (Lipinski definition) is 2. The number of phenols is 2. The van der Waals surface area contributed by atoms with E-state index in [9.17, 15) is 5.11 Å². The van der Waals surface area contributed by atoms with Crippen LogP contribution in [0.1, 0.15) is 142 Å². The Labute approximate surface area is 425 Å². The van der Waals surface area contributed by atoms with Crippen LogP contribution in [0.25, 0.3) is 0 Å². The lowest BCUT2D eigenvalue weighted by Crippen LogP contribution is -2.11. The van der Waals surface area contributed by atoms with E-state index in [1.165, 1.54) is 88.2 Å². The van der Waals surface area contributed by atoms with Crippen molar-refractivity contribution in [2.45, 2.75) is 130 Å². The molecule has 2 aromatic carbocycles. The second-order valence-electron chi connectivity index (χ2n) is 25.0. The largest absolute Gasteiger partial charge is 0.508 e. The molecule has 7 fully saturated rings. The van der Waals surface area contributed by atoms with Gasteiger partial charge in [-0.15, -0.1) is 0 Å². The predicted octanol–water partition coefficient (Wildman–Crippen LogP) is 17.6. The van der Waals surface area contributed by atoms with Gasteiger partial charge >= 0.3 is 0 Å². The lowest BCUT2D eigenvalue weighted by molar-refractivity contribution is 0.362. The summed E-state index contributed by atoms with van der Waals surface area (Å²) in [5.74, 6) is 18.1. The van der Waals surface area contributed by atoms with Gasteiger partial charge in [-0.05, 0) is 257 Å². The summed E-state index contributed by atoms with van der Waals surface area (Å²) >= 11 is 0. The average Bonchev–Trinajstić information content (AvgIpc) is 4.21. The second kappa shape index (κ2) is 22.0. The molecule has 0 spiro atoms. The van der Waals surface area contributed by atoms with Crippen molar-refractivity contribution in [3.05, 3.63) is 157 Å². The number of aromatic hydroxyl groups is 2. The average molecular weight is 939 g/mol. The molecule has 2 N–H and O–H groups in total. The van der Waals surface area contributed by atoms with Gasteiger partial charge < -0.3 is 10.2 Å². The van der Waals surface area contributed by atoms with Gasteiger partial charge in [-0.1, -0.05) is 148 Å². The van der Waals surface area contributed by atoms with Gasteiger partial charge in [-0.3, -0.25) is 0 Å². The van der Waals surface area contributed by atoms with E-state index >= 15 is 0 Å². The predicted molar refractivity (Wildman–Crippen MR) is 294 cm³/mol. The van der Waals surface area contributed by atoms with Crippen LogP contribution in [0.3, 0.4) is 0 Å². The molecule has 2 nitrogen and oxygen atoms in total. The number of phenolic OH excluding ortho intramolecular Hbond substituents is 2. The fourth-order valence-electron chi connectivity index (χ4n) is 18.0. The summed E-state index contributed by atoms with van der Waals surface area (Å²) in [6.07, 6.45) is 55.6. The van der Waals surface area contributed by atoms with Crippen molar-refractivity contribution in [3.8, 4) is 11.5 Å². The van der Waals surface area contributed by atoms with E-state index < -0.39 is 0 Å². The van der Waals surface area contributed by atoms with E-state index in [0.29, 0.717) is 35.2 Å². The fraction of sp³-hybridized carbons (Fsp3) is 0.588. The van der Waals surface area contributed by atoms with Gasteiger partial charge in [-0.25, -0.2) is 0 Å². The van der Waals surface area contributed by atoms with E-state index in [-0.39, 0.29) is 0 Å². The molecule has 10 aliphatic carbocycles. The quantitative estimate of drug-likeness (QED) is 0.246. The SMILES string of the molecule is C/C=C/C1CC(/C=C/C2CC(C)C3CC(c4ccc(O)c(C5CC6C(C)CC(/C=C/C7CC(/C=C/C)C8CC=CC78)C6C5)c4)CC23)C2C=CCC12.C/C=C/C1CC(C)C2C=CCC12.Oc1ccccc1. The molecule has 0 aliphatic heterocycles. The lowest BCUT2D eigenvalue weighted by atomic mass is 9.84. The molecule has 0 saturated heterocycles. The highest BCUT2D eigenvalue weighted by Crippen LogP contribution is 2.60. The molecule has 0 bridgehead atoms. The molecule has 7 saturated carbocycles. The van der Waals surface area contributed by atoms with Crippen molar-refractivity contribution >= 4 is 0 Å². The van der Waals surface area contributed by atoms with Gasteiger partial charge in [0.2, 0.25) is 0 Å². The van der Waals surface area contributed by atoms with E-state index in [1.54, 1.807) is 24.3 Å². The van der Waals surface area contributed by atoms with E-state index in [1.807, 2.05) is 6.07 Å². The number of allylic oxidation sites excluding steroid dienone is 16. The smallest absolute Gasteiger partial charge is 0.119 e. The minimum Gasteiger partial charge on any atom is -0.508 e. The first-order valence-corrected chi connectivity index (χ1v) is 28.9. The van der Waals surface area contributed by atoms with Gasteiger partial charge in [0.25, 0.3) is 0 Å². The van der Waals surface area contributed by atoms with Crippen LogP contribution in [-0.4, -0.2) is 10.2 Å². The first kappa shape index (κ1) is 49.5. The van der Waals surface area contributed by atoms with E-state index in [2.05, 4.69) is 157 Å². The Balaban J connectivity index is 0.000000247. The fourth-order valence-corrected chi connectivity index (χ4v) is 18.0. The molecule has 22 unspecified atom stereocenters. The summed E-state index contributed by atoms with van der Waals surface area (Å²) in [7, 11) is 0. The Morgan fingerprint density at radius 1 is 0.400 bits per heavy atom.